The number of hydrogen-bond acceptors (Lipinski definition) is 6. The van der Waals surface area contributed by atoms with E-state index >= 15 is 0 Å². The van der Waals surface area contributed by atoms with Gasteiger partial charge in [-0.05, 0) is 61.6 Å². The number of rotatable bonds is 6. The van der Waals surface area contributed by atoms with Crippen LogP contribution in [0.4, 0.5) is 16.0 Å². The van der Waals surface area contributed by atoms with E-state index < -0.39 is 6.04 Å². The van der Waals surface area contributed by atoms with Crippen LogP contribution in [0.15, 0.2) is 41.3 Å². The predicted octanol–water partition coefficient (Wildman–Crippen LogP) is 2.39. The van der Waals surface area contributed by atoms with Gasteiger partial charge in [0.15, 0.2) is 5.82 Å². The SMILES string of the molecule is Cc1cc(F)cc(CNc2ncc3n(c2=O)C(C(=O)NCc2ccc(N)nc2C)CC3)c1. The van der Waals surface area contributed by atoms with Crippen molar-refractivity contribution in [2.45, 2.75) is 45.8 Å². The Labute approximate surface area is 184 Å². The highest BCUT2D eigenvalue weighted by Crippen LogP contribution is 2.24. The minimum atomic E-state index is -0.612. The van der Waals surface area contributed by atoms with Gasteiger partial charge in [0.1, 0.15) is 17.7 Å². The Morgan fingerprint density at radius 1 is 1.25 bits per heavy atom. The van der Waals surface area contributed by atoms with Gasteiger partial charge in [0, 0.05) is 30.7 Å². The fourth-order valence-electron chi connectivity index (χ4n) is 4.01. The van der Waals surface area contributed by atoms with Crippen molar-refractivity contribution in [2.24, 2.45) is 0 Å². The molecule has 8 nitrogen and oxygen atoms in total. The molecule has 1 amide bonds. The third-order valence-corrected chi connectivity index (χ3v) is 5.59. The van der Waals surface area contributed by atoms with Crippen LogP contribution in [0.5, 0.6) is 0 Å². The number of carbonyl (C=O) groups excluding carboxylic acids is 1. The lowest BCUT2D eigenvalue weighted by Gasteiger charge is -2.16. The van der Waals surface area contributed by atoms with E-state index in [0.717, 1.165) is 16.8 Å². The number of nitrogens with zero attached hydrogens (tertiary/aromatic N) is 3. The van der Waals surface area contributed by atoms with Crippen molar-refractivity contribution in [3.63, 3.8) is 0 Å². The summed E-state index contributed by atoms with van der Waals surface area (Å²) in [6.07, 6.45) is 2.72. The van der Waals surface area contributed by atoms with Gasteiger partial charge in [-0.1, -0.05) is 12.1 Å². The van der Waals surface area contributed by atoms with Gasteiger partial charge in [-0.15, -0.1) is 0 Å². The van der Waals surface area contributed by atoms with Gasteiger partial charge >= 0.3 is 0 Å². The van der Waals surface area contributed by atoms with Gasteiger partial charge in [0.2, 0.25) is 5.91 Å². The number of pyridine rings is 1. The molecule has 1 aliphatic heterocycles. The van der Waals surface area contributed by atoms with Crippen LogP contribution in [0.1, 0.15) is 40.5 Å². The molecule has 0 saturated carbocycles. The number of anilines is 2. The van der Waals surface area contributed by atoms with Crippen LogP contribution in [0.25, 0.3) is 0 Å². The zero-order valence-corrected chi connectivity index (χ0v) is 18.0. The van der Waals surface area contributed by atoms with Crippen LogP contribution >= 0.6 is 0 Å². The van der Waals surface area contributed by atoms with E-state index in [1.54, 1.807) is 19.2 Å². The summed E-state index contributed by atoms with van der Waals surface area (Å²) in [5.41, 5.74) is 9.14. The maximum atomic E-state index is 13.6. The maximum Gasteiger partial charge on any atom is 0.294 e. The van der Waals surface area contributed by atoms with Gasteiger partial charge in [-0.2, -0.15) is 0 Å². The number of amides is 1. The molecular weight excluding hydrogens is 411 g/mol. The largest absolute Gasteiger partial charge is 0.384 e. The zero-order valence-electron chi connectivity index (χ0n) is 18.0. The van der Waals surface area contributed by atoms with Gasteiger partial charge in [0.05, 0.1) is 0 Å². The quantitative estimate of drug-likeness (QED) is 0.547. The molecule has 0 bridgehead atoms. The number of nitrogens with one attached hydrogen (secondary N) is 2. The first-order chi connectivity index (χ1) is 15.3. The van der Waals surface area contributed by atoms with Crippen LogP contribution in [0, 0.1) is 19.7 Å². The average molecular weight is 436 g/mol. The summed E-state index contributed by atoms with van der Waals surface area (Å²) in [6.45, 7) is 4.19. The van der Waals surface area contributed by atoms with E-state index in [4.69, 9.17) is 5.73 Å². The number of fused-ring (bicyclic) bond motifs is 1. The lowest BCUT2D eigenvalue weighted by atomic mass is 10.1. The monoisotopic (exact) mass is 436 g/mol. The van der Waals surface area contributed by atoms with Gasteiger partial charge in [-0.3, -0.25) is 14.2 Å². The Balaban J connectivity index is 1.49. The van der Waals surface area contributed by atoms with Gasteiger partial charge in [-0.25, -0.2) is 14.4 Å². The molecule has 0 fully saturated rings. The Morgan fingerprint density at radius 3 is 2.81 bits per heavy atom. The molecule has 1 atom stereocenters. The summed E-state index contributed by atoms with van der Waals surface area (Å²) in [7, 11) is 0. The van der Waals surface area contributed by atoms with Crippen molar-refractivity contribution in [2.75, 3.05) is 11.1 Å². The summed E-state index contributed by atoms with van der Waals surface area (Å²) in [4.78, 5) is 34.4. The molecule has 9 heteroatoms. The summed E-state index contributed by atoms with van der Waals surface area (Å²) in [6, 6.07) is 7.59. The van der Waals surface area contributed by atoms with Crippen molar-refractivity contribution in [1.82, 2.24) is 19.9 Å². The number of hydrogen-bond donors (Lipinski definition) is 3. The topological polar surface area (TPSA) is 115 Å². The van der Waals surface area contributed by atoms with Crippen LogP contribution in [-0.4, -0.2) is 20.4 Å². The first kappa shape index (κ1) is 21.5. The van der Waals surface area contributed by atoms with Crippen LogP contribution in [0.2, 0.25) is 0 Å². The molecule has 3 heterocycles. The molecule has 32 heavy (non-hydrogen) atoms. The van der Waals surface area contributed by atoms with Crippen molar-refractivity contribution >= 4 is 17.5 Å². The van der Waals surface area contributed by atoms with Crippen LogP contribution in [0.3, 0.4) is 0 Å². The number of nitrogen functional groups attached to an aromatic ring is 1. The molecule has 0 spiro atoms. The Bertz CT molecular complexity index is 1220. The lowest BCUT2D eigenvalue weighted by molar-refractivity contribution is -0.124. The zero-order chi connectivity index (χ0) is 22.8. The third-order valence-electron chi connectivity index (χ3n) is 5.59. The van der Waals surface area contributed by atoms with Gasteiger partial charge in [0.25, 0.3) is 5.56 Å². The predicted molar refractivity (Wildman–Crippen MR) is 120 cm³/mol. The highest BCUT2D eigenvalue weighted by molar-refractivity contribution is 5.81. The number of halogens is 1. The molecule has 3 aromatic rings. The number of nitrogens with two attached hydrogens (primary N) is 1. The molecule has 4 N–H and O–H groups in total. The van der Waals surface area contributed by atoms with E-state index in [1.165, 1.54) is 16.7 Å². The standard InChI is InChI=1S/C23H25FN6O2/c1-13-7-15(9-17(24)8-13)10-26-21-23(32)30-18(12-27-21)4-5-19(30)22(31)28-11-16-3-6-20(25)29-14(16)2/h3,6-9,12,19H,4-5,10-11H2,1-2H3,(H2,25,29)(H,26,27)(H,28,31). The molecule has 0 saturated heterocycles. The normalized spacial score (nSPS) is 14.8. The molecule has 1 aliphatic rings. The first-order valence-electron chi connectivity index (χ1n) is 10.4. The smallest absolute Gasteiger partial charge is 0.294 e. The fraction of sp³-hybridized carbons (Fsp3) is 0.304. The second kappa shape index (κ2) is 8.78. The molecule has 0 aliphatic carbocycles. The molecule has 2 aromatic heterocycles. The number of carbonyl (C=O) groups is 1. The molecule has 4 rings (SSSR count). The maximum absolute atomic E-state index is 13.6. The van der Waals surface area contributed by atoms with Crippen molar-refractivity contribution in [3.05, 3.63) is 80.8 Å². The highest BCUT2D eigenvalue weighted by atomic mass is 19.1. The number of aromatic nitrogens is 3. The lowest BCUT2D eigenvalue weighted by Crippen LogP contribution is -2.36. The average Bonchev–Trinajstić information content (AvgIpc) is 3.17. The van der Waals surface area contributed by atoms with E-state index in [0.29, 0.717) is 36.5 Å². The van der Waals surface area contributed by atoms with Crippen molar-refractivity contribution < 1.29 is 9.18 Å². The molecule has 0 radical (unpaired) electrons. The highest BCUT2D eigenvalue weighted by Gasteiger charge is 2.30. The minimum absolute atomic E-state index is 0.133. The minimum Gasteiger partial charge on any atom is -0.384 e. The molecule has 166 valence electrons. The first-order valence-corrected chi connectivity index (χ1v) is 10.4. The van der Waals surface area contributed by atoms with E-state index in [1.807, 2.05) is 19.1 Å². The van der Waals surface area contributed by atoms with E-state index in [9.17, 15) is 14.0 Å². The van der Waals surface area contributed by atoms with Crippen LogP contribution < -0.4 is 21.9 Å². The van der Waals surface area contributed by atoms with Crippen molar-refractivity contribution in [1.29, 1.82) is 0 Å². The molecular formula is C23H25FN6O2. The van der Waals surface area contributed by atoms with Crippen LogP contribution in [-0.2, 0) is 24.3 Å². The molecule has 1 aromatic carbocycles. The Morgan fingerprint density at radius 2 is 2.06 bits per heavy atom. The number of benzene rings is 1. The van der Waals surface area contributed by atoms with Crippen molar-refractivity contribution in [3.8, 4) is 0 Å². The Hall–Kier alpha value is -3.75. The fourth-order valence-corrected chi connectivity index (χ4v) is 4.01. The van der Waals surface area contributed by atoms with E-state index in [2.05, 4.69) is 20.6 Å². The summed E-state index contributed by atoms with van der Waals surface area (Å²) in [5, 5.41) is 5.88. The summed E-state index contributed by atoms with van der Waals surface area (Å²) >= 11 is 0. The Kier molecular flexibility index (Phi) is 5.89. The second-order valence-corrected chi connectivity index (χ2v) is 8.02. The number of aryl methyl sites for hydroxylation is 3. The molecule has 1 unspecified atom stereocenters. The van der Waals surface area contributed by atoms with E-state index in [-0.39, 0.29) is 29.6 Å². The summed E-state index contributed by atoms with van der Waals surface area (Å²) in [5.74, 6) is -0.00703. The summed E-state index contributed by atoms with van der Waals surface area (Å²) < 4.78 is 15.1. The van der Waals surface area contributed by atoms with Gasteiger partial charge < -0.3 is 16.4 Å². The second-order valence-electron chi connectivity index (χ2n) is 8.02. The third kappa shape index (κ3) is 4.46.